The van der Waals surface area contributed by atoms with Crippen molar-refractivity contribution < 1.29 is 4.74 Å². The third-order valence-corrected chi connectivity index (χ3v) is 3.09. The number of aryl methyl sites for hydroxylation is 1. The van der Waals surface area contributed by atoms with E-state index < -0.39 is 0 Å². The van der Waals surface area contributed by atoms with E-state index in [-0.39, 0.29) is 11.6 Å². The second-order valence-corrected chi connectivity index (χ2v) is 5.01. The van der Waals surface area contributed by atoms with Crippen LogP contribution in [-0.2, 0) is 11.3 Å². The van der Waals surface area contributed by atoms with Crippen LogP contribution in [0.1, 0.15) is 52.9 Å². The van der Waals surface area contributed by atoms with Crippen molar-refractivity contribution in [2.45, 2.75) is 59.2 Å². The molecular weight excluding hydrogens is 226 g/mol. The van der Waals surface area contributed by atoms with Gasteiger partial charge in [0, 0.05) is 25.5 Å². The first-order chi connectivity index (χ1) is 8.56. The average molecular weight is 253 g/mol. The Kier molecular flexibility index (Phi) is 5.82. The van der Waals surface area contributed by atoms with Gasteiger partial charge in [-0.1, -0.05) is 13.8 Å². The summed E-state index contributed by atoms with van der Waals surface area (Å²) >= 11 is 0. The number of hydrogen-bond donors (Lipinski definition) is 1. The van der Waals surface area contributed by atoms with E-state index in [1.807, 2.05) is 19.3 Å². The van der Waals surface area contributed by atoms with E-state index in [0.717, 1.165) is 25.3 Å². The Bertz CT molecular complexity index is 347. The maximum absolute atomic E-state index is 5.89. The van der Waals surface area contributed by atoms with Crippen LogP contribution in [0.2, 0.25) is 0 Å². The van der Waals surface area contributed by atoms with E-state index in [4.69, 9.17) is 4.74 Å². The van der Waals surface area contributed by atoms with Gasteiger partial charge in [-0.3, -0.25) is 0 Å². The van der Waals surface area contributed by atoms with Gasteiger partial charge in [-0.15, -0.1) is 0 Å². The summed E-state index contributed by atoms with van der Waals surface area (Å²) in [6.07, 6.45) is 5.03. The van der Waals surface area contributed by atoms with E-state index in [1.165, 1.54) is 0 Å². The molecule has 4 nitrogen and oxygen atoms in total. The lowest BCUT2D eigenvalue weighted by atomic mass is 9.97. The van der Waals surface area contributed by atoms with Crippen molar-refractivity contribution in [2.75, 3.05) is 13.2 Å². The standard InChI is InChI=1S/C14H27N3O/c1-6-10-17-11-9-16-13(17)12(15-7-2)14(4,5)18-8-3/h9,11-12,15H,6-8,10H2,1-5H3. The summed E-state index contributed by atoms with van der Waals surface area (Å²) in [4.78, 5) is 4.52. The Hall–Kier alpha value is -0.870. The van der Waals surface area contributed by atoms with Crippen molar-refractivity contribution in [2.24, 2.45) is 0 Å². The molecule has 0 aliphatic heterocycles. The van der Waals surface area contributed by atoms with Gasteiger partial charge in [0.05, 0.1) is 11.6 Å². The lowest BCUT2D eigenvalue weighted by Gasteiger charge is -2.34. The van der Waals surface area contributed by atoms with Crippen LogP contribution in [0.5, 0.6) is 0 Å². The minimum atomic E-state index is -0.262. The summed E-state index contributed by atoms with van der Waals surface area (Å²) in [6.45, 7) is 13.2. The quantitative estimate of drug-likeness (QED) is 0.774. The van der Waals surface area contributed by atoms with Crippen LogP contribution >= 0.6 is 0 Å². The van der Waals surface area contributed by atoms with E-state index in [2.05, 4.69) is 42.6 Å². The predicted octanol–water partition coefficient (Wildman–Crippen LogP) is 2.76. The van der Waals surface area contributed by atoms with Crippen molar-refractivity contribution in [1.82, 2.24) is 14.9 Å². The van der Waals surface area contributed by atoms with Gasteiger partial charge in [0.25, 0.3) is 0 Å². The number of rotatable bonds is 8. The molecular formula is C14H27N3O. The van der Waals surface area contributed by atoms with Gasteiger partial charge in [-0.2, -0.15) is 0 Å². The van der Waals surface area contributed by atoms with Crippen LogP contribution in [0.25, 0.3) is 0 Å². The molecule has 1 N–H and O–H groups in total. The minimum Gasteiger partial charge on any atom is -0.374 e. The SMILES string of the molecule is CCCn1ccnc1C(NCC)C(C)(C)OCC. The van der Waals surface area contributed by atoms with Gasteiger partial charge in [-0.05, 0) is 33.7 Å². The summed E-state index contributed by atoms with van der Waals surface area (Å²) in [6, 6.07) is 0.115. The lowest BCUT2D eigenvalue weighted by Crippen LogP contribution is -2.43. The first-order valence-corrected chi connectivity index (χ1v) is 6.95. The zero-order valence-corrected chi connectivity index (χ0v) is 12.4. The molecule has 0 fully saturated rings. The Morgan fingerprint density at radius 3 is 2.67 bits per heavy atom. The van der Waals surface area contributed by atoms with Crippen LogP contribution in [0.4, 0.5) is 0 Å². The Balaban J connectivity index is 2.99. The summed E-state index contributed by atoms with van der Waals surface area (Å²) in [5.41, 5.74) is -0.262. The highest BCUT2D eigenvalue weighted by Gasteiger charge is 2.33. The molecule has 0 radical (unpaired) electrons. The molecule has 0 spiro atoms. The van der Waals surface area contributed by atoms with Crippen LogP contribution in [0, 0.1) is 0 Å². The molecule has 0 saturated carbocycles. The van der Waals surface area contributed by atoms with Crippen molar-refractivity contribution in [3.63, 3.8) is 0 Å². The normalized spacial score (nSPS) is 13.8. The van der Waals surface area contributed by atoms with Crippen molar-refractivity contribution >= 4 is 0 Å². The number of imidazole rings is 1. The Morgan fingerprint density at radius 1 is 1.39 bits per heavy atom. The maximum Gasteiger partial charge on any atom is 0.128 e. The molecule has 4 heteroatoms. The third kappa shape index (κ3) is 3.56. The lowest BCUT2D eigenvalue weighted by molar-refractivity contribution is -0.0417. The van der Waals surface area contributed by atoms with E-state index >= 15 is 0 Å². The van der Waals surface area contributed by atoms with Crippen molar-refractivity contribution in [3.05, 3.63) is 18.2 Å². The molecule has 0 saturated heterocycles. The molecule has 0 bridgehead atoms. The third-order valence-electron chi connectivity index (χ3n) is 3.09. The van der Waals surface area contributed by atoms with Gasteiger partial charge < -0.3 is 14.6 Å². The number of nitrogens with one attached hydrogen (secondary N) is 1. The number of aromatic nitrogens is 2. The van der Waals surface area contributed by atoms with Gasteiger partial charge >= 0.3 is 0 Å². The highest BCUT2D eigenvalue weighted by Crippen LogP contribution is 2.28. The van der Waals surface area contributed by atoms with E-state index in [0.29, 0.717) is 6.61 Å². The summed E-state index contributed by atoms with van der Waals surface area (Å²) < 4.78 is 8.10. The van der Waals surface area contributed by atoms with Crippen LogP contribution < -0.4 is 5.32 Å². The molecule has 1 aromatic rings. The van der Waals surface area contributed by atoms with E-state index in [1.54, 1.807) is 0 Å². The average Bonchev–Trinajstić information content (AvgIpc) is 2.74. The summed E-state index contributed by atoms with van der Waals surface area (Å²) in [7, 11) is 0. The number of ether oxygens (including phenoxy) is 1. The fourth-order valence-electron chi connectivity index (χ4n) is 2.32. The molecule has 1 atom stereocenters. The summed E-state index contributed by atoms with van der Waals surface area (Å²) in [5, 5.41) is 3.50. The van der Waals surface area contributed by atoms with Crippen LogP contribution in [-0.4, -0.2) is 28.3 Å². The first-order valence-electron chi connectivity index (χ1n) is 6.95. The zero-order chi connectivity index (χ0) is 13.6. The Labute approximate surface area is 111 Å². The molecule has 1 heterocycles. The van der Waals surface area contributed by atoms with Gasteiger partial charge in [-0.25, -0.2) is 4.98 Å². The second kappa shape index (κ2) is 6.90. The fourth-order valence-corrected chi connectivity index (χ4v) is 2.32. The maximum atomic E-state index is 5.89. The number of hydrogen-bond acceptors (Lipinski definition) is 3. The molecule has 0 aliphatic rings. The highest BCUT2D eigenvalue weighted by atomic mass is 16.5. The molecule has 1 unspecified atom stereocenters. The molecule has 0 aromatic carbocycles. The summed E-state index contributed by atoms with van der Waals surface area (Å²) in [5.74, 6) is 1.07. The predicted molar refractivity (Wildman–Crippen MR) is 74.6 cm³/mol. The molecule has 104 valence electrons. The van der Waals surface area contributed by atoms with Gasteiger partial charge in [0.15, 0.2) is 0 Å². The topological polar surface area (TPSA) is 39.1 Å². The molecule has 0 aliphatic carbocycles. The zero-order valence-electron chi connectivity index (χ0n) is 12.4. The highest BCUT2D eigenvalue weighted by molar-refractivity contribution is 5.06. The fraction of sp³-hybridized carbons (Fsp3) is 0.786. The van der Waals surface area contributed by atoms with Gasteiger partial charge in [0.2, 0.25) is 0 Å². The molecule has 1 rings (SSSR count). The molecule has 18 heavy (non-hydrogen) atoms. The first kappa shape index (κ1) is 15.2. The number of nitrogens with zero attached hydrogens (tertiary/aromatic N) is 2. The largest absolute Gasteiger partial charge is 0.374 e. The van der Waals surface area contributed by atoms with Crippen molar-refractivity contribution in [3.8, 4) is 0 Å². The smallest absolute Gasteiger partial charge is 0.128 e. The Morgan fingerprint density at radius 2 is 2.11 bits per heavy atom. The monoisotopic (exact) mass is 253 g/mol. The molecule has 0 amide bonds. The number of likely N-dealkylation sites (N-methyl/N-ethyl adjacent to an activating group) is 1. The minimum absolute atomic E-state index is 0.115. The van der Waals surface area contributed by atoms with Gasteiger partial charge in [0.1, 0.15) is 5.82 Å². The van der Waals surface area contributed by atoms with Crippen LogP contribution in [0.3, 0.4) is 0 Å². The van der Waals surface area contributed by atoms with Crippen molar-refractivity contribution in [1.29, 1.82) is 0 Å². The van der Waals surface area contributed by atoms with E-state index in [9.17, 15) is 0 Å². The van der Waals surface area contributed by atoms with Crippen LogP contribution in [0.15, 0.2) is 12.4 Å². The second-order valence-electron chi connectivity index (χ2n) is 5.01. The molecule has 1 aromatic heterocycles.